The standard InChI is InChI=1S/C13H15ClN4O/c1-17(8-9-4-3-5-10(14)6-9)13(19)11-7-16-18(2)12(11)15/h3-7H,8,15H2,1-2H3. The van der Waals surface area contributed by atoms with Crippen molar-refractivity contribution < 1.29 is 4.79 Å². The molecule has 5 nitrogen and oxygen atoms in total. The Kier molecular flexibility index (Phi) is 3.76. The summed E-state index contributed by atoms with van der Waals surface area (Å²) < 4.78 is 1.47. The van der Waals surface area contributed by atoms with Crippen molar-refractivity contribution in [2.24, 2.45) is 7.05 Å². The summed E-state index contributed by atoms with van der Waals surface area (Å²) in [6.07, 6.45) is 1.48. The number of aromatic nitrogens is 2. The fourth-order valence-electron chi connectivity index (χ4n) is 1.80. The molecular weight excluding hydrogens is 264 g/mol. The molecule has 0 bridgehead atoms. The van der Waals surface area contributed by atoms with Gasteiger partial charge in [0.25, 0.3) is 5.91 Å². The first-order valence-electron chi connectivity index (χ1n) is 5.76. The normalized spacial score (nSPS) is 10.5. The largest absolute Gasteiger partial charge is 0.383 e. The van der Waals surface area contributed by atoms with Crippen LogP contribution < -0.4 is 5.73 Å². The van der Waals surface area contributed by atoms with Crippen molar-refractivity contribution in [2.45, 2.75) is 6.54 Å². The maximum Gasteiger partial charge on any atom is 0.259 e. The lowest BCUT2D eigenvalue weighted by Gasteiger charge is -2.17. The monoisotopic (exact) mass is 278 g/mol. The molecule has 0 radical (unpaired) electrons. The summed E-state index contributed by atoms with van der Waals surface area (Å²) in [5, 5.41) is 4.62. The van der Waals surface area contributed by atoms with Crippen LogP contribution in [0.5, 0.6) is 0 Å². The topological polar surface area (TPSA) is 64.2 Å². The molecule has 0 saturated heterocycles. The lowest BCUT2D eigenvalue weighted by atomic mass is 10.2. The highest BCUT2D eigenvalue weighted by atomic mass is 35.5. The van der Waals surface area contributed by atoms with Gasteiger partial charge in [-0.2, -0.15) is 5.10 Å². The fraction of sp³-hybridized carbons (Fsp3) is 0.231. The number of benzene rings is 1. The zero-order valence-electron chi connectivity index (χ0n) is 10.8. The third-order valence-electron chi connectivity index (χ3n) is 2.87. The average Bonchev–Trinajstić information content (AvgIpc) is 2.69. The van der Waals surface area contributed by atoms with E-state index >= 15 is 0 Å². The molecule has 1 amide bonds. The van der Waals surface area contributed by atoms with E-state index in [1.165, 1.54) is 10.9 Å². The molecule has 0 aliphatic heterocycles. The summed E-state index contributed by atoms with van der Waals surface area (Å²) >= 11 is 5.92. The van der Waals surface area contributed by atoms with Crippen LogP contribution in [0.3, 0.4) is 0 Å². The highest BCUT2D eigenvalue weighted by Crippen LogP contribution is 2.15. The number of hydrogen-bond donors (Lipinski definition) is 1. The lowest BCUT2D eigenvalue weighted by molar-refractivity contribution is 0.0786. The van der Waals surface area contributed by atoms with Crippen LogP contribution in [-0.4, -0.2) is 27.6 Å². The van der Waals surface area contributed by atoms with Gasteiger partial charge >= 0.3 is 0 Å². The van der Waals surface area contributed by atoms with Crippen LogP contribution in [0.1, 0.15) is 15.9 Å². The number of halogens is 1. The van der Waals surface area contributed by atoms with E-state index in [9.17, 15) is 4.79 Å². The van der Waals surface area contributed by atoms with Gasteiger partial charge in [-0.05, 0) is 17.7 Å². The molecule has 6 heteroatoms. The third kappa shape index (κ3) is 2.88. The summed E-state index contributed by atoms with van der Waals surface area (Å²) in [7, 11) is 3.42. The summed E-state index contributed by atoms with van der Waals surface area (Å²) in [6.45, 7) is 0.466. The molecule has 1 aromatic heterocycles. The summed E-state index contributed by atoms with van der Waals surface area (Å²) in [6, 6.07) is 7.40. The van der Waals surface area contributed by atoms with Gasteiger partial charge in [0.15, 0.2) is 0 Å². The molecule has 0 spiro atoms. The molecule has 1 aromatic carbocycles. The van der Waals surface area contributed by atoms with Crippen LogP contribution in [0.15, 0.2) is 30.5 Å². The van der Waals surface area contributed by atoms with Crippen molar-refractivity contribution >= 4 is 23.3 Å². The predicted octanol–water partition coefficient (Wildman–Crippen LogP) is 1.93. The van der Waals surface area contributed by atoms with E-state index in [4.69, 9.17) is 17.3 Å². The van der Waals surface area contributed by atoms with Gasteiger partial charge in [-0.3, -0.25) is 9.48 Å². The number of carbonyl (C=O) groups excluding carboxylic acids is 1. The second-order valence-corrected chi connectivity index (χ2v) is 4.79. The number of carbonyl (C=O) groups is 1. The highest BCUT2D eigenvalue weighted by Gasteiger charge is 2.17. The van der Waals surface area contributed by atoms with Gasteiger partial charge in [0.05, 0.1) is 6.20 Å². The number of hydrogen-bond acceptors (Lipinski definition) is 3. The Bertz CT molecular complexity index is 608. The van der Waals surface area contributed by atoms with Crippen molar-refractivity contribution in [3.8, 4) is 0 Å². The number of amides is 1. The van der Waals surface area contributed by atoms with Crippen LogP contribution in [0.25, 0.3) is 0 Å². The second kappa shape index (κ2) is 5.32. The number of nitrogens with two attached hydrogens (primary N) is 1. The minimum Gasteiger partial charge on any atom is -0.383 e. The molecule has 0 fully saturated rings. The fourth-order valence-corrected chi connectivity index (χ4v) is 2.01. The SMILES string of the molecule is CN(Cc1cccc(Cl)c1)C(=O)c1cnn(C)c1N. The minimum absolute atomic E-state index is 0.162. The Morgan fingerprint density at radius 2 is 2.26 bits per heavy atom. The van der Waals surface area contributed by atoms with Crippen LogP contribution in [-0.2, 0) is 13.6 Å². The van der Waals surface area contributed by atoms with E-state index in [1.54, 1.807) is 25.1 Å². The van der Waals surface area contributed by atoms with Gasteiger partial charge in [-0.25, -0.2) is 0 Å². The smallest absolute Gasteiger partial charge is 0.259 e. The summed E-state index contributed by atoms with van der Waals surface area (Å²) in [5.41, 5.74) is 7.16. The predicted molar refractivity (Wildman–Crippen MR) is 74.9 cm³/mol. The molecule has 2 aromatic rings. The van der Waals surface area contributed by atoms with Gasteiger partial charge in [0, 0.05) is 25.7 Å². The van der Waals surface area contributed by atoms with Crippen LogP contribution in [0.2, 0.25) is 5.02 Å². The second-order valence-electron chi connectivity index (χ2n) is 4.36. The van der Waals surface area contributed by atoms with Gasteiger partial charge in [-0.1, -0.05) is 23.7 Å². The van der Waals surface area contributed by atoms with Crippen LogP contribution in [0.4, 0.5) is 5.82 Å². The quantitative estimate of drug-likeness (QED) is 0.933. The highest BCUT2D eigenvalue weighted by molar-refractivity contribution is 6.30. The molecule has 100 valence electrons. The van der Waals surface area contributed by atoms with E-state index in [1.807, 2.05) is 18.2 Å². The average molecular weight is 279 g/mol. The zero-order chi connectivity index (χ0) is 14.0. The Morgan fingerprint density at radius 3 is 2.84 bits per heavy atom. The first-order chi connectivity index (χ1) is 8.99. The summed E-state index contributed by atoms with van der Waals surface area (Å²) in [5.74, 6) is 0.202. The Morgan fingerprint density at radius 1 is 1.53 bits per heavy atom. The molecule has 0 unspecified atom stereocenters. The van der Waals surface area contributed by atoms with Crippen molar-refractivity contribution in [2.75, 3.05) is 12.8 Å². The van der Waals surface area contributed by atoms with Crippen LogP contribution >= 0.6 is 11.6 Å². The molecule has 1 heterocycles. The first kappa shape index (κ1) is 13.4. The molecule has 0 saturated carbocycles. The third-order valence-corrected chi connectivity index (χ3v) is 3.11. The van der Waals surface area contributed by atoms with Crippen molar-refractivity contribution in [3.05, 3.63) is 46.6 Å². The van der Waals surface area contributed by atoms with E-state index in [0.29, 0.717) is 22.9 Å². The number of nitrogens with zero attached hydrogens (tertiary/aromatic N) is 3. The maximum atomic E-state index is 12.2. The van der Waals surface area contributed by atoms with Gasteiger partial charge in [0.2, 0.25) is 0 Å². The van der Waals surface area contributed by atoms with E-state index in [2.05, 4.69) is 5.10 Å². The number of nitrogen functional groups attached to an aromatic ring is 1. The molecule has 0 aliphatic carbocycles. The number of rotatable bonds is 3. The van der Waals surface area contributed by atoms with Crippen molar-refractivity contribution in [1.29, 1.82) is 0 Å². The molecule has 0 aliphatic rings. The van der Waals surface area contributed by atoms with E-state index in [-0.39, 0.29) is 5.91 Å². The maximum absolute atomic E-state index is 12.2. The Hall–Kier alpha value is -2.01. The van der Waals surface area contributed by atoms with Gasteiger partial charge < -0.3 is 10.6 Å². The molecule has 19 heavy (non-hydrogen) atoms. The summed E-state index contributed by atoms with van der Waals surface area (Å²) in [4.78, 5) is 13.8. The Balaban J connectivity index is 2.14. The van der Waals surface area contributed by atoms with Gasteiger partial charge in [0.1, 0.15) is 11.4 Å². The van der Waals surface area contributed by atoms with E-state index < -0.39 is 0 Å². The number of anilines is 1. The minimum atomic E-state index is -0.162. The Labute approximate surface area is 116 Å². The molecule has 2 rings (SSSR count). The first-order valence-corrected chi connectivity index (χ1v) is 6.14. The van der Waals surface area contributed by atoms with Crippen molar-refractivity contribution in [1.82, 2.24) is 14.7 Å². The number of aryl methyl sites for hydroxylation is 1. The lowest BCUT2D eigenvalue weighted by Crippen LogP contribution is -2.26. The zero-order valence-corrected chi connectivity index (χ0v) is 11.6. The van der Waals surface area contributed by atoms with Crippen LogP contribution in [0, 0.1) is 0 Å². The van der Waals surface area contributed by atoms with Gasteiger partial charge in [-0.15, -0.1) is 0 Å². The molecular formula is C13H15ClN4O. The van der Waals surface area contributed by atoms with Crippen molar-refractivity contribution in [3.63, 3.8) is 0 Å². The van der Waals surface area contributed by atoms with E-state index in [0.717, 1.165) is 5.56 Å². The molecule has 0 atom stereocenters. The molecule has 2 N–H and O–H groups in total.